The molecule has 0 aliphatic rings. The molecule has 6 heterocycles. The number of anilines is 6. The van der Waals surface area contributed by atoms with Crippen molar-refractivity contribution in [2.75, 3.05) is 9.80 Å². The summed E-state index contributed by atoms with van der Waals surface area (Å²) in [6, 6.07) is 98.3. The second-order valence-corrected chi connectivity index (χ2v) is 27.2. The van der Waals surface area contributed by atoms with Gasteiger partial charge in [0.25, 0.3) is 0 Å². The van der Waals surface area contributed by atoms with Crippen LogP contribution in [0.1, 0.15) is 52.7 Å². The monoisotopic (exact) mass is 1180 g/mol. The minimum Gasteiger partial charge on any atom is -0.456 e. The molecule has 6 aromatic heterocycles. The lowest BCUT2D eigenvalue weighted by atomic mass is 9.85. The van der Waals surface area contributed by atoms with Gasteiger partial charge in [0.1, 0.15) is 22.3 Å². The minimum atomic E-state index is -0.193. The Kier molecular flexibility index (Phi) is 10.9. The smallest absolute Gasteiger partial charge is 0.137 e. The molecular formula is C86H62N4O2. The van der Waals surface area contributed by atoms with Gasteiger partial charge in [-0.2, -0.15) is 0 Å². The van der Waals surface area contributed by atoms with Crippen molar-refractivity contribution in [2.45, 2.75) is 52.4 Å². The molecule has 0 unspecified atom stereocenters. The van der Waals surface area contributed by atoms with Gasteiger partial charge in [-0.1, -0.05) is 224 Å². The number of fused-ring (bicyclic) bond motifs is 18. The van der Waals surface area contributed by atoms with E-state index in [0.717, 1.165) is 100 Å². The SMILES string of the molecule is CC(C)(C)c1cccc2c3c(N(c4ccc5c(c4)oc4ccccc45)c4ccccc4-c4ccccc4)ccc4c5cc6c(cc5n(c12)c43)c1ccc(N(c2ccc3c(c2)oc2ccccc23)c2ccccc2-c2ccccc2)c2c3cccc(C(C)(C)C)c3n6c12. The summed E-state index contributed by atoms with van der Waals surface area (Å²) in [5, 5.41) is 14.1. The number of para-hydroxylation sites is 6. The lowest BCUT2D eigenvalue weighted by molar-refractivity contribution is 0.594. The minimum absolute atomic E-state index is 0.193. The summed E-state index contributed by atoms with van der Waals surface area (Å²) >= 11 is 0. The van der Waals surface area contributed by atoms with E-state index in [1.807, 2.05) is 0 Å². The van der Waals surface area contributed by atoms with Gasteiger partial charge in [0.2, 0.25) is 0 Å². The van der Waals surface area contributed by atoms with Crippen LogP contribution in [0.25, 0.3) is 142 Å². The fourth-order valence-electron chi connectivity index (χ4n) is 15.8. The largest absolute Gasteiger partial charge is 0.456 e. The number of hydrogen-bond donors (Lipinski definition) is 0. The lowest BCUT2D eigenvalue weighted by Gasteiger charge is -2.29. The van der Waals surface area contributed by atoms with Crippen LogP contribution in [0, 0.1) is 0 Å². The number of aromatic nitrogens is 2. The Morgan fingerprint density at radius 2 is 0.641 bits per heavy atom. The van der Waals surface area contributed by atoms with Crippen molar-refractivity contribution in [3.63, 3.8) is 0 Å². The summed E-state index contributed by atoms with van der Waals surface area (Å²) in [7, 11) is 0. The van der Waals surface area contributed by atoms with Gasteiger partial charge in [0.15, 0.2) is 0 Å². The van der Waals surface area contributed by atoms with E-state index in [-0.39, 0.29) is 10.8 Å². The summed E-state index contributed by atoms with van der Waals surface area (Å²) in [6.07, 6.45) is 0. The van der Waals surface area contributed by atoms with Crippen LogP contribution >= 0.6 is 0 Å². The Morgan fingerprint density at radius 3 is 1.08 bits per heavy atom. The topological polar surface area (TPSA) is 41.6 Å². The summed E-state index contributed by atoms with van der Waals surface area (Å²) in [5.41, 5.74) is 23.9. The number of nitrogens with zero attached hydrogens (tertiary/aromatic N) is 4. The molecule has 0 radical (unpaired) electrons. The highest BCUT2D eigenvalue weighted by Gasteiger charge is 2.33. The average molecular weight is 1180 g/mol. The maximum Gasteiger partial charge on any atom is 0.137 e. The highest BCUT2D eigenvalue weighted by Crippen LogP contribution is 2.55. The van der Waals surface area contributed by atoms with Crippen molar-refractivity contribution < 1.29 is 8.83 Å². The molecule has 438 valence electrons. The van der Waals surface area contributed by atoms with E-state index in [9.17, 15) is 0 Å². The van der Waals surface area contributed by atoms with Crippen LogP contribution in [0.3, 0.4) is 0 Å². The zero-order valence-corrected chi connectivity index (χ0v) is 52.0. The van der Waals surface area contributed by atoms with E-state index in [4.69, 9.17) is 8.83 Å². The Labute approximate surface area is 531 Å². The van der Waals surface area contributed by atoms with Crippen molar-refractivity contribution >= 4 is 154 Å². The second-order valence-electron chi connectivity index (χ2n) is 27.2. The molecular weight excluding hydrogens is 1120 g/mol. The Hall–Kier alpha value is -11.3. The third-order valence-electron chi connectivity index (χ3n) is 19.8. The van der Waals surface area contributed by atoms with Gasteiger partial charge in [-0.3, -0.25) is 0 Å². The van der Waals surface area contributed by atoms with E-state index in [1.165, 1.54) is 87.3 Å². The molecule has 92 heavy (non-hydrogen) atoms. The van der Waals surface area contributed by atoms with Crippen LogP contribution in [-0.4, -0.2) is 8.80 Å². The van der Waals surface area contributed by atoms with Gasteiger partial charge in [0, 0.05) is 99.3 Å². The van der Waals surface area contributed by atoms with Crippen molar-refractivity contribution in [1.82, 2.24) is 8.80 Å². The summed E-state index contributed by atoms with van der Waals surface area (Å²) in [4.78, 5) is 4.98. The Bertz CT molecular complexity index is 5840. The summed E-state index contributed by atoms with van der Waals surface area (Å²) in [6.45, 7) is 14.2. The van der Waals surface area contributed by atoms with Gasteiger partial charge in [-0.15, -0.1) is 0 Å². The molecule has 0 atom stereocenters. The molecule has 0 aliphatic heterocycles. The molecule has 0 N–H and O–H groups in total. The fourth-order valence-corrected chi connectivity index (χ4v) is 15.8. The van der Waals surface area contributed by atoms with Crippen LogP contribution in [-0.2, 0) is 10.8 Å². The standard InChI is InChI=1S/C86H62N4O2/c1-85(2,3)67-33-21-31-63-79-71(87(69-35-17-13-27-55(69)51-23-9-7-10-24-51)53-39-41-59-57-29-15-19-37-75(57)91-77(59)47-53)45-43-61-65-50-74-66(49-73(65)89(81(63)67)83(61)79)62-44-46-72(80-64-32-22-34-68(86(4,5)6)82(64)90(74)84(62)80)88(70-36-18-14-28-56(70)52-25-11-8-12-26-52)54-40-42-60-58-30-16-20-38-76(58)92-78(60)48-54/h7-50H,1-6H3. The Morgan fingerprint density at radius 1 is 0.272 bits per heavy atom. The van der Waals surface area contributed by atoms with Crippen molar-refractivity contribution in [2.24, 2.45) is 0 Å². The van der Waals surface area contributed by atoms with Crippen LogP contribution < -0.4 is 9.80 Å². The van der Waals surface area contributed by atoms with Gasteiger partial charge in [0.05, 0.1) is 55.8 Å². The first-order chi connectivity index (χ1) is 44.9. The van der Waals surface area contributed by atoms with E-state index in [1.54, 1.807) is 0 Å². The van der Waals surface area contributed by atoms with Crippen LogP contribution in [0.15, 0.2) is 276 Å². The molecule has 0 saturated carbocycles. The molecule has 0 aliphatic carbocycles. The van der Waals surface area contributed by atoms with Gasteiger partial charge in [-0.05, 0) is 106 Å². The predicted octanol–water partition coefficient (Wildman–Crippen LogP) is 24.7. The third-order valence-corrected chi connectivity index (χ3v) is 19.8. The van der Waals surface area contributed by atoms with Crippen LogP contribution in [0.2, 0.25) is 0 Å². The van der Waals surface area contributed by atoms with Crippen molar-refractivity contribution in [3.05, 3.63) is 278 Å². The zero-order chi connectivity index (χ0) is 61.5. The van der Waals surface area contributed by atoms with Crippen LogP contribution in [0.4, 0.5) is 34.1 Å². The highest BCUT2D eigenvalue weighted by molar-refractivity contribution is 6.33. The van der Waals surface area contributed by atoms with E-state index >= 15 is 0 Å². The van der Waals surface area contributed by atoms with E-state index in [2.05, 4.69) is 327 Å². The quantitative estimate of drug-likeness (QED) is 0.152. The first-order valence-electron chi connectivity index (χ1n) is 32.1. The number of hydrogen-bond acceptors (Lipinski definition) is 4. The number of benzene rings is 13. The molecule has 0 amide bonds. The first kappa shape index (κ1) is 52.6. The predicted molar refractivity (Wildman–Crippen MR) is 388 cm³/mol. The Balaban J connectivity index is 0.921. The number of rotatable bonds is 8. The summed E-state index contributed by atoms with van der Waals surface area (Å²) in [5.74, 6) is 0. The van der Waals surface area contributed by atoms with E-state index < -0.39 is 0 Å². The summed E-state index contributed by atoms with van der Waals surface area (Å²) < 4.78 is 18.7. The highest BCUT2D eigenvalue weighted by atomic mass is 16.3. The molecule has 13 aromatic carbocycles. The molecule has 6 heteroatoms. The van der Waals surface area contributed by atoms with Gasteiger partial charge in [-0.25, -0.2) is 0 Å². The maximum atomic E-state index is 6.71. The molecule has 0 fully saturated rings. The molecule has 0 bridgehead atoms. The molecule has 0 spiro atoms. The second kappa shape index (κ2) is 19.1. The van der Waals surface area contributed by atoms with Gasteiger partial charge < -0.3 is 27.4 Å². The first-order valence-corrected chi connectivity index (χ1v) is 32.1. The average Bonchev–Trinajstić information content (AvgIpc) is 1.51. The van der Waals surface area contributed by atoms with Crippen LogP contribution in [0.5, 0.6) is 0 Å². The van der Waals surface area contributed by atoms with Gasteiger partial charge >= 0.3 is 0 Å². The maximum absolute atomic E-state index is 6.71. The van der Waals surface area contributed by atoms with E-state index in [0.29, 0.717) is 0 Å². The number of furan rings is 2. The molecule has 19 rings (SSSR count). The lowest BCUT2D eigenvalue weighted by Crippen LogP contribution is -2.12. The van der Waals surface area contributed by atoms with Crippen molar-refractivity contribution in [3.8, 4) is 22.3 Å². The van der Waals surface area contributed by atoms with Crippen molar-refractivity contribution in [1.29, 1.82) is 0 Å². The fraction of sp³-hybridized carbons (Fsp3) is 0.0930. The normalized spacial score (nSPS) is 12.7. The molecule has 19 aromatic rings. The zero-order valence-electron chi connectivity index (χ0n) is 52.0. The molecule has 6 nitrogen and oxygen atoms in total. The molecule has 0 saturated heterocycles. The third kappa shape index (κ3) is 7.43.